The zero-order chi connectivity index (χ0) is 30.0. The number of benzene rings is 3. The lowest BCUT2D eigenvalue weighted by Crippen LogP contribution is -2.31. The number of thioether (sulfide) groups is 1. The molecule has 0 aliphatic carbocycles. The van der Waals surface area contributed by atoms with E-state index in [4.69, 9.17) is 14.6 Å². The Hall–Kier alpha value is -4.02. The van der Waals surface area contributed by atoms with Gasteiger partial charge in [-0.15, -0.1) is 11.8 Å². The fourth-order valence-corrected chi connectivity index (χ4v) is 5.72. The van der Waals surface area contributed by atoms with Crippen LogP contribution in [-0.4, -0.2) is 38.9 Å². The van der Waals surface area contributed by atoms with E-state index >= 15 is 0 Å². The quantitative estimate of drug-likeness (QED) is 0.169. The van der Waals surface area contributed by atoms with Crippen molar-refractivity contribution in [3.63, 3.8) is 0 Å². The fraction of sp³-hybridized carbons (Fsp3) is 0.265. The Morgan fingerprint density at radius 3 is 2.37 bits per heavy atom. The maximum Gasteiger partial charge on any atom is 0.303 e. The number of carbonyl (C=O) groups is 2. The summed E-state index contributed by atoms with van der Waals surface area (Å²) in [5.41, 5.74) is 5.75. The van der Waals surface area contributed by atoms with Gasteiger partial charge in [-0.05, 0) is 46.0 Å². The number of aromatic nitrogens is 1. The van der Waals surface area contributed by atoms with Crippen molar-refractivity contribution < 1.29 is 29.3 Å². The van der Waals surface area contributed by atoms with Gasteiger partial charge in [-0.2, -0.15) is 0 Å². The Morgan fingerprint density at radius 2 is 1.65 bits per heavy atom. The highest BCUT2D eigenvalue weighted by atomic mass is 32.2. The van der Waals surface area contributed by atoms with Crippen LogP contribution in [0, 0.1) is 0 Å². The summed E-state index contributed by atoms with van der Waals surface area (Å²) in [5, 5.41) is 22.0. The number of nitrogens with zero attached hydrogens (tertiary/aromatic N) is 1. The van der Waals surface area contributed by atoms with Crippen LogP contribution >= 0.6 is 11.8 Å². The molecule has 1 aromatic heterocycles. The second-order valence-corrected chi connectivity index (χ2v) is 11.4. The molecule has 3 aromatic carbocycles. The molecule has 9 heteroatoms. The average Bonchev–Trinajstić information content (AvgIpc) is 3.06. The first kappa shape index (κ1) is 30.4. The molecule has 1 fully saturated rings. The third-order valence-corrected chi connectivity index (χ3v) is 8.24. The summed E-state index contributed by atoms with van der Waals surface area (Å²) in [5.74, 6) is -0.542. The zero-order valence-electron chi connectivity index (χ0n) is 23.6. The topological polar surface area (TPSA) is 118 Å². The highest BCUT2D eigenvalue weighted by Gasteiger charge is 2.32. The van der Waals surface area contributed by atoms with Crippen LogP contribution in [0.15, 0.2) is 102 Å². The summed E-state index contributed by atoms with van der Waals surface area (Å²) in [6.45, 7) is 0.324. The zero-order valence-corrected chi connectivity index (χ0v) is 24.4. The molecule has 1 amide bonds. The molecule has 3 atom stereocenters. The monoisotopic (exact) mass is 598 g/mol. The summed E-state index contributed by atoms with van der Waals surface area (Å²) < 4.78 is 12.9. The average molecular weight is 599 g/mol. The highest BCUT2D eigenvalue weighted by molar-refractivity contribution is 7.99. The summed E-state index contributed by atoms with van der Waals surface area (Å²) in [7, 11) is 0. The summed E-state index contributed by atoms with van der Waals surface area (Å²) in [6.07, 6.45) is 1.49. The maximum atomic E-state index is 11.9. The molecule has 43 heavy (non-hydrogen) atoms. The largest absolute Gasteiger partial charge is 0.481 e. The van der Waals surface area contributed by atoms with Gasteiger partial charge < -0.3 is 25.0 Å². The van der Waals surface area contributed by atoms with Crippen LogP contribution in [0.1, 0.15) is 53.9 Å². The number of aliphatic hydroxyl groups is 1. The minimum Gasteiger partial charge on any atom is -0.481 e. The summed E-state index contributed by atoms with van der Waals surface area (Å²) in [6, 6.07) is 29.7. The van der Waals surface area contributed by atoms with E-state index in [1.165, 1.54) is 0 Å². The van der Waals surface area contributed by atoms with Gasteiger partial charge in [-0.3, -0.25) is 9.59 Å². The molecular weight excluding hydrogens is 564 g/mol. The van der Waals surface area contributed by atoms with E-state index in [9.17, 15) is 14.7 Å². The predicted molar refractivity (Wildman–Crippen MR) is 164 cm³/mol. The van der Waals surface area contributed by atoms with Gasteiger partial charge in [0, 0.05) is 36.9 Å². The van der Waals surface area contributed by atoms with Crippen LogP contribution in [0.2, 0.25) is 0 Å². The van der Waals surface area contributed by atoms with Crippen LogP contribution in [0.4, 0.5) is 0 Å². The number of ether oxygens (including phenoxy) is 2. The SMILES string of the molecule is O=C(O)CCC(=O)NCc1cccc(-c2ccc([C@H]3O[C@@H](CSc4ccccn4)C[C@@H](c4ccc(CO)cc4)O3)cc2)c1. The van der Waals surface area contributed by atoms with E-state index in [-0.39, 0.29) is 37.6 Å². The van der Waals surface area contributed by atoms with Crippen LogP contribution in [0.5, 0.6) is 0 Å². The minimum absolute atomic E-state index is 0.00241. The Morgan fingerprint density at radius 1 is 0.860 bits per heavy atom. The Balaban J connectivity index is 1.28. The van der Waals surface area contributed by atoms with E-state index < -0.39 is 12.3 Å². The van der Waals surface area contributed by atoms with Crippen molar-refractivity contribution in [3.05, 3.63) is 119 Å². The number of carboxylic acids is 1. The van der Waals surface area contributed by atoms with Gasteiger partial charge in [0.1, 0.15) is 0 Å². The predicted octanol–water partition coefficient (Wildman–Crippen LogP) is 6.06. The lowest BCUT2D eigenvalue weighted by molar-refractivity contribution is -0.245. The smallest absolute Gasteiger partial charge is 0.303 e. The number of hydrogen-bond acceptors (Lipinski definition) is 7. The molecule has 4 aromatic rings. The standard InChI is InChI=1S/C34H34N2O6S/c37-21-23-7-9-26(10-8-23)30-19-29(22-43-32-6-1-2-17-35-32)41-34(42-30)27-13-11-25(12-14-27)28-5-3-4-24(18-28)20-36-31(38)15-16-33(39)40/h1-14,17-18,29-30,34,37H,15-16,19-22H2,(H,36,38)(H,39,40)/t29-,30+,34+/m1/s1. The van der Waals surface area contributed by atoms with Crippen molar-refractivity contribution >= 4 is 23.6 Å². The number of hydrogen-bond donors (Lipinski definition) is 3. The van der Waals surface area contributed by atoms with Crippen LogP contribution in [-0.2, 0) is 32.2 Å². The first-order valence-electron chi connectivity index (χ1n) is 14.2. The van der Waals surface area contributed by atoms with Crippen LogP contribution in [0.25, 0.3) is 11.1 Å². The number of aliphatic hydroxyl groups excluding tert-OH is 1. The molecule has 0 spiro atoms. The Kier molecular flexibility index (Phi) is 10.6. The number of carbonyl (C=O) groups excluding carboxylic acids is 1. The van der Waals surface area contributed by atoms with Crippen LogP contribution < -0.4 is 5.32 Å². The van der Waals surface area contributed by atoms with Crippen molar-refractivity contribution in [3.8, 4) is 11.1 Å². The lowest BCUT2D eigenvalue weighted by atomic mass is 9.99. The molecule has 0 unspecified atom stereocenters. The molecule has 1 aliphatic heterocycles. The number of rotatable bonds is 12. The van der Waals surface area contributed by atoms with Crippen molar-refractivity contribution in [2.75, 3.05) is 5.75 Å². The minimum atomic E-state index is -0.990. The number of pyridine rings is 1. The van der Waals surface area contributed by atoms with E-state index in [1.807, 2.05) is 91.0 Å². The molecule has 1 saturated heterocycles. The van der Waals surface area contributed by atoms with Crippen molar-refractivity contribution in [2.45, 2.75) is 55.9 Å². The van der Waals surface area contributed by atoms with Gasteiger partial charge in [0.15, 0.2) is 6.29 Å². The molecule has 0 radical (unpaired) electrons. The first-order chi connectivity index (χ1) is 21.0. The van der Waals surface area contributed by atoms with Crippen LogP contribution in [0.3, 0.4) is 0 Å². The number of carboxylic acid groups (broad SMARTS) is 1. The first-order valence-corrected chi connectivity index (χ1v) is 15.2. The molecule has 8 nitrogen and oxygen atoms in total. The van der Waals surface area contributed by atoms with Crippen molar-refractivity contribution in [2.24, 2.45) is 0 Å². The van der Waals surface area contributed by atoms with Gasteiger partial charge in [-0.1, -0.05) is 72.8 Å². The van der Waals surface area contributed by atoms with Gasteiger partial charge in [-0.25, -0.2) is 4.98 Å². The van der Waals surface area contributed by atoms with E-state index in [2.05, 4.69) is 10.3 Å². The molecular formula is C34H34N2O6S. The number of nitrogens with one attached hydrogen (secondary N) is 1. The Labute approximate surface area is 255 Å². The third-order valence-electron chi connectivity index (χ3n) is 7.17. The molecule has 3 N–H and O–H groups in total. The van der Waals surface area contributed by atoms with Gasteiger partial charge >= 0.3 is 5.97 Å². The molecule has 0 bridgehead atoms. The lowest BCUT2D eigenvalue weighted by Gasteiger charge is -2.36. The van der Waals surface area contributed by atoms with Crippen molar-refractivity contribution in [1.29, 1.82) is 0 Å². The number of aliphatic carboxylic acids is 1. The molecule has 222 valence electrons. The second-order valence-electron chi connectivity index (χ2n) is 10.3. The van der Waals surface area contributed by atoms with E-state index in [0.717, 1.165) is 44.2 Å². The second kappa shape index (κ2) is 14.9. The third kappa shape index (κ3) is 8.75. The summed E-state index contributed by atoms with van der Waals surface area (Å²) >= 11 is 1.66. The number of amides is 1. The molecule has 0 saturated carbocycles. The van der Waals surface area contributed by atoms with Gasteiger partial charge in [0.2, 0.25) is 5.91 Å². The normalized spacial score (nSPS) is 18.2. The highest BCUT2D eigenvalue weighted by Crippen LogP contribution is 2.39. The molecule has 5 rings (SSSR count). The fourth-order valence-electron chi connectivity index (χ4n) is 4.84. The maximum absolute atomic E-state index is 11.9. The van der Waals surface area contributed by atoms with Crippen molar-refractivity contribution in [1.82, 2.24) is 10.3 Å². The van der Waals surface area contributed by atoms with Gasteiger partial charge in [0.05, 0.1) is 30.3 Å². The summed E-state index contributed by atoms with van der Waals surface area (Å²) in [4.78, 5) is 27.1. The van der Waals surface area contributed by atoms with Gasteiger partial charge in [0.25, 0.3) is 0 Å². The Bertz CT molecular complexity index is 1500. The van der Waals surface area contributed by atoms with E-state index in [0.29, 0.717) is 13.0 Å². The molecule has 2 heterocycles. The molecule has 1 aliphatic rings. The van der Waals surface area contributed by atoms with E-state index in [1.54, 1.807) is 18.0 Å².